The molecule has 1 aromatic carbocycles. The predicted octanol–water partition coefficient (Wildman–Crippen LogP) is 2.63. The van der Waals surface area contributed by atoms with Crippen LogP contribution < -0.4 is 11.1 Å². The van der Waals surface area contributed by atoms with Crippen LogP contribution in [0.25, 0.3) is 0 Å². The van der Waals surface area contributed by atoms with Crippen LogP contribution >= 0.6 is 0 Å². The lowest BCUT2D eigenvalue weighted by Crippen LogP contribution is -2.03. The van der Waals surface area contributed by atoms with Gasteiger partial charge in [0.25, 0.3) is 0 Å². The standard InChI is InChI=1S/C14H18N4/c1-2-5-12-8-14(17-10-16-12)18-13-7-4-3-6-11(13)9-15/h3-4,6-8,10H,2,5,9,15H2,1H3,(H,16,17,18). The Balaban J connectivity index is 2.20. The highest BCUT2D eigenvalue weighted by atomic mass is 15.0. The number of nitrogens with one attached hydrogen (secondary N) is 1. The third-order valence-corrected chi connectivity index (χ3v) is 2.73. The first-order chi connectivity index (χ1) is 8.83. The zero-order chi connectivity index (χ0) is 12.8. The van der Waals surface area contributed by atoms with Crippen molar-refractivity contribution in [2.45, 2.75) is 26.3 Å². The minimum atomic E-state index is 0.510. The molecule has 0 radical (unpaired) electrons. The van der Waals surface area contributed by atoms with Crippen LogP contribution in [0.15, 0.2) is 36.7 Å². The van der Waals surface area contributed by atoms with Gasteiger partial charge in [0.05, 0.1) is 0 Å². The normalized spacial score (nSPS) is 10.3. The maximum absolute atomic E-state index is 5.71. The van der Waals surface area contributed by atoms with Gasteiger partial charge in [-0.15, -0.1) is 0 Å². The van der Waals surface area contributed by atoms with Crippen LogP contribution in [0, 0.1) is 0 Å². The predicted molar refractivity (Wildman–Crippen MR) is 73.6 cm³/mol. The Hall–Kier alpha value is -1.94. The van der Waals surface area contributed by atoms with Crippen LogP contribution in [0.3, 0.4) is 0 Å². The van der Waals surface area contributed by atoms with Gasteiger partial charge in [0.2, 0.25) is 0 Å². The summed E-state index contributed by atoms with van der Waals surface area (Å²) >= 11 is 0. The lowest BCUT2D eigenvalue weighted by Gasteiger charge is -2.10. The Labute approximate surface area is 107 Å². The van der Waals surface area contributed by atoms with Gasteiger partial charge in [0.1, 0.15) is 12.1 Å². The maximum atomic E-state index is 5.71. The Morgan fingerprint density at radius 3 is 2.83 bits per heavy atom. The third kappa shape index (κ3) is 3.05. The molecule has 2 rings (SSSR count). The Kier molecular flexibility index (Phi) is 4.25. The summed E-state index contributed by atoms with van der Waals surface area (Å²) < 4.78 is 0. The maximum Gasteiger partial charge on any atom is 0.133 e. The molecule has 0 aliphatic heterocycles. The molecule has 0 saturated carbocycles. The molecule has 0 unspecified atom stereocenters. The number of nitrogens with zero attached hydrogens (tertiary/aromatic N) is 2. The molecule has 4 heteroatoms. The van der Waals surface area contributed by atoms with Crippen molar-refractivity contribution in [2.75, 3.05) is 5.32 Å². The fourth-order valence-electron chi connectivity index (χ4n) is 1.82. The van der Waals surface area contributed by atoms with Crippen LogP contribution in [0.5, 0.6) is 0 Å². The van der Waals surface area contributed by atoms with Crippen LogP contribution in [-0.4, -0.2) is 9.97 Å². The van der Waals surface area contributed by atoms with Crippen LogP contribution in [0.2, 0.25) is 0 Å². The summed E-state index contributed by atoms with van der Waals surface area (Å²) in [5.41, 5.74) is 8.84. The van der Waals surface area contributed by atoms with E-state index in [1.807, 2.05) is 30.3 Å². The molecule has 0 atom stereocenters. The smallest absolute Gasteiger partial charge is 0.133 e. The molecule has 0 fully saturated rings. The molecular weight excluding hydrogens is 224 g/mol. The van der Waals surface area contributed by atoms with E-state index in [2.05, 4.69) is 22.2 Å². The SMILES string of the molecule is CCCc1cc(Nc2ccccc2CN)ncn1. The molecule has 94 valence electrons. The van der Waals surface area contributed by atoms with Gasteiger partial charge in [-0.1, -0.05) is 31.5 Å². The zero-order valence-electron chi connectivity index (χ0n) is 10.6. The number of hydrogen-bond acceptors (Lipinski definition) is 4. The topological polar surface area (TPSA) is 63.8 Å². The molecule has 0 spiro atoms. The minimum absolute atomic E-state index is 0.510. The highest BCUT2D eigenvalue weighted by Gasteiger charge is 2.02. The monoisotopic (exact) mass is 242 g/mol. The van der Waals surface area contributed by atoms with Gasteiger partial charge in [0, 0.05) is 24.0 Å². The Bertz CT molecular complexity index is 511. The molecule has 3 N–H and O–H groups in total. The van der Waals surface area contributed by atoms with Crippen molar-refractivity contribution in [1.29, 1.82) is 0 Å². The number of hydrogen-bond donors (Lipinski definition) is 2. The number of nitrogens with two attached hydrogens (primary N) is 1. The van der Waals surface area contributed by atoms with Gasteiger partial charge in [-0.3, -0.25) is 0 Å². The zero-order valence-corrected chi connectivity index (χ0v) is 10.6. The molecule has 0 aliphatic rings. The summed E-state index contributed by atoms with van der Waals surface area (Å²) in [6.07, 6.45) is 3.64. The Morgan fingerprint density at radius 1 is 1.22 bits per heavy atom. The largest absolute Gasteiger partial charge is 0.340 e. The summed E-state index contributed by atoms with van der Waals surface area (Å²) in [5.74, 6) is 0.814. The van der Waals surface area contributed by atoms with Gasteiger partial charge in [0.15, 0.2) is 0 Å². The van der Waals surface area contributed by atoms with E-state index >= 15 is 0 Å². The summed E-state index contributed by atoms with van der Waals surface area (Å²) in [7, 11) is 0. The number of rotatable bonds is 5. The quantitative estimate of drug-likeness (QED) is 0.846. The van der Waals surface area contributed by atoms with Crippen LogP contribution in [-0.2, 0) is 13.0 Å². The highest BCUT2D eigenvalue weighted by molar-refractivity contribution is 5.60. The van der Waals surface area contributed by atoms with Gasteiger partial charge < -0.3 is 11.1 Å². The number of benzene rings is 1. The first kappa shape index (κ1) is 12.5. The van der Waals surface area contributed by atoms with Crippen molar-refractivity contribution in [3.05, 3.63) is 47.9 Å². The number of aryl methyl sites for hydroxylation is 1. The highest BCUT2D eigenvalue weighted by Crippen LogP contribution is 2.19. The van der Waals surface area contributed by atoms with E-state index in [1.54, 1.807) is 6.33 Å². The molecule has 0 aliphatic carbocycles. The molecular formula is C14H18N4. The Morgan fingerprint density at radius 2 is 2.06 bits per heavy atom. The van der Waals surface area contributed by atoms with E-state index < -0.39 is 0 Å². The number of anilines is 2. The molecule has 1 aromatic heterocycles. The fraction of sp³-hybridized carbons (Fsp3) is 0.286. The van der Waals surface area contributed by atoms with Gasteiger partial charge in [-0.25, -0.2) is 9.97 Å². The van der Waals surface area contributed by atoms with Crippen molar-refractivity contribution >= 4 is 11.5 Å². The van der Waals surface area contributed by atoms with E-state index in [0.29, 0.717) is 6.54 Å². The second-order valence-corrected chi connectivity index (χ2v) is 4.13. The molecule has 0 bridgehead atoms. The first-order valence-corrected chi connectivity index (χ1v) is 6.19. The van der Waals surface area contributed by atoms with E-state index in [4.69, 9.17) is 5.73 Å². The van der Waals surface area contributed by atoms with E-state index in [-0.39, 0.29) is 0 Å². The molecule has 2 aromatic rings. The minimum Gasteiger partial charge on any atom is -0.340 e. The molecule has 0 amide bonds. The van der Waals surface area contributed by atoms with Crippen molar-refractivity contribution in [1.82, 2.24) is 9.97 Å². The molecule has 4 nitrogen and oxygen atoms in total. The fourth-order valence-corrected chi connectivity index (χ4v) is 1.82. The molecule has 1 heterocycles. The lowest BCUT2D eigenvalue weighted by atomic mass is 10.2. The van der Waals surface area contributed by atoms with E-state index in [1.165, 1.54) is 0 Å². The average molecular weight is 242 g/mol. The van der Waals surface area contributed by atoms with Crippen LogP contribution in [0.1, 0.15) is 24.6 Å². The summed E-state index contributed by atoms with van der Waals surface area (Å²) in [5, 5.41) is 3.29. The second-order valence-electron chi connectivity index (χ2n) is 4.13. The summed E-state index contributed by atoms with van der Waals surface area (Å²) in [6.45, 7) is 2.65. The van der Waals surface area contributed by atoms with Crippen molar-refractivity contribution in [3.8, 4) is 0 Å². The van der Waals surface area contributed by atoms with Gasteiger partial charge in [-0.2, -0.15) is 0 Å². The van der Waals surface area contributed by atoms with Crippen LogP contribution in [0.4, 0.5) is 11.5 Å². The summed E-state index contributed by atoms with van der Waals surface area (Å²) in [4.78, 5) is 8.47. The van der Waals surface area contributed by atoms with Gasteiger partial charge >= 0.3 is 0 Å². The second kappa shape index (κ2) is 6.12. The first-order valence-electron chi connectivity index (χ1n) is 6.19. The average Bonchev–Trinajstić information content (AvgIpc) is 2.40. The number of aromatic nitrogens is 2. The lowest BCUT2D eigenvalue weighted by molar-refractivity contribution is 0.873. The van der Waals surface area contributed by atoms with E-state index in [9.17, 15) is 0 Å². The van der Waals surface area contributed by atoms with Crippen molar-refractivity contribution < 1.29 is 0 Å². The molecule has 18 heavy (non-hydrogen) atoms. The van der Waals surface area contributed by atoms with Gasteiger partial charge in [-0.05, 0) is 18.1 Å². The third-order valence-electron chi connectivity index (χ3n) is 2.73. The van der Waals surface area contributed by atoms with Crippen molar-refractivity contribution in [3.63, 3.8) is 0 Å². The molecule has 0 saturated heterocycles. The van der Waals surface area contributed by atoms with E-state index in [0.717, 1.165) is 35.6 Å². The summed E-state index contributed by atoms with van der Waals surface area (Å²) in [6, 6.07) is 9.96. The van der Waals surface area contributed by atoms with Crippen molar-refractivity contribution in [2.24, 2.45) is 5.73 Å². The number of para-hydroxylation sites is 1.